The SMILES string of the molecule is Cc1cccc(CC(N)CSC2CCCC2)c1. The Morgan fingerprint density at radius 1 is 1.35 bits per heavy atom. The quantitative estimate of drug-likeness (QED) is 0.864. The van der Waals surface area contributed by atoms with Crippen LogP contribution in [0.2, 0.25) is 0 Å². The lowest BCUT2D eigenvalue weighted by molar-refractivity contribution is 0.744. The van der Waals surface area contributed by atoms with E-state index in [0.29, 0.717) is 6.04 Å². The van der Waals surface area contributed by atoms with Gasteiger partial charge in [0.05, 0.1) is 0 Å². The van der Waals surface area contributed by atoms with E-state index in [0.717, 1.165) is 17.4 Å². The Balaban J connectivity index is 1.74. The molecule has 1 aliphatic rings. The molecule has 0 heterocycles. The summed E-state index contributed by atoms with van der Waals surface area (Å²) < 4.78 is 0. The van der Waals surface area contributed by atoms with Gasteiger partial charge in [0.15, 0.2) is 0 Å². The van der Waals surface area contributed by atoms with Crippen LogP contribution >= 0.6 is 11.8 Å². The molecule has 1 unspecified atom stereocenters. The molecular formula is C15H23NS. The van der Waals surface area contributed by atoms with Crippen LogP contribution in [0, 0.1) is 6.92 Å². The number of benzene rings is 1. The Morgan fingerprint density at radius 3 is 2.82 bits per heavy atom. The Bertz CT molecular complexity index is 345. The van der Waals surface area contributed by atoms with Gasteiger partial charge in [-0.1, -0.05) is 42.7 Å². The van der Waals surface area contributed by atoms with E-state index < -0.39 is 0 Å². The van der Waals surface area contributed by atoms with Crippen LogP contribution in [0.15, 0.2) is 24.3 Å². The standard InChI is InChI=1S/C15H23NS/c1-12-5-4-6-13(9-12)10-14(16)11-17-15-7-2-3-8-15/h4-6,9,14-15H,2-3,7-8,10-11,16H2,1H3. The smallest absolute Gasteiger partial charge is 0.0171 e. The second-order valence-corrected chi connectivity index (χ2v) is 6.53. The summed E-state index contributed by atoms with van der Waals surface area (Å²) in [6.45, 7) is 2.14. The van der Waals surface area contributed by atoms with Crippen molar-refractivity contribution in [3.8, 4) is 0 Å². The van der Waals surface area contributed by atoms with E-state index in [1.807, 2.05) is 0 Å². The summed E-state index contributed by atoms with van der Waals surface area (Å²) in [4.78, 5) is 0. The maximum absolute atomic E-state index is 6.21. The molecule has 94 valence electrons. The van der Waals surface area contributed by atoms with E-state index >= 15 is 0 Å². The van der Waals surface area contributed by atoms with Gasteiger partial charge in [-0.25, -0.2) is 0 Å². The zero-order valence-electron chi connectivity index (χ0n) is 10.7. The predicted octanol–water partition coefficient (Wildman–Crippen LogP) is 3.54. The van der Waals surface area contributed by atoms with Crippen molar-refractivity contribution < 1.29 is 0 Å². The van der Waals surface area contributed by atoms with Crippen LogP contribution in [-0.4, -0.2) is 17.0 Å². The third-order valence-corrected chi connectivity index (χ3v) is 4.99. The van der Waals surface area contributed by atoms with Gasteiger partial charge in [0.2, 0.25) is 0 Å². The minimum Gasteiger partial charge on any atom is -0.327 e. The third kappa shape index (κ3) is 4.36. The van der Waals surface area contributed by atoms with Crippen molar-refractivity contribution in [2.45, 2.75) is 50.3 Å². The second kappa shape index (κ2) is 6.46. The van der Waals surface area contributed by atoms with Gasteiger partial charge >= 0.3 is 0 Å². The monoisotopic (exact) mass is 249 g/mol. The average molecular weight is 249 g/mol. The van der Waals surface area contributed by atoms with Crippen LogP contribution in [0.4, 0.5) is 0 Å². The number of rotatable bonds is 5. The first kappa shape index (κ1) is 13.0. The van der Waals surface area contributed by atoms with Crippen LogP contribution in [0.1, 0.15) is 36.8 Å². The summed E-state index contributed by atoms with van der Waals surface area (Å²) in [6, 6.07) is 9.01. The topological polar surface area (TPSA) is 26.0 Å². The molecular weight excluding hydrogens is 226 g/mol. The molecule has 0 bridgehead atoms. The Kier molecular flexibility index (Phi) is 4.93. The molecule has 2 N–H and O–H groups in total. The molecule has 0 aliphatic heterocycles. The van der Waals surface area contributed by atoms with Crippen LogP contribution in [0.5, 0.6) is 0 Å². The van der Waals surface area contributed by atoms with Crippen molar-refractivity contribution in [1.29, 1.82) is 0 Å². The van der Waals surface area contributed by atoms with Gasteiger partial charge in [-0.05, 0) is 31.7 Å². The highest BCUT2D eigenvalue weighted by Crippen LogP contribution is 2.29. The molecule has 1 atom stereocenters. The zero-order chi connectivity index (χ0) is 12.1. The number of aryl methyl sites for hydroxylation is 1. The van der Waals surface area contributed by atoms with Crippen molar-refractivity contribution in [3.63, 3.8) is 0 Å². The molecule has 2 heteroatoms. The van der Waals surface area contributed by atoms with E-state index in [9.17, 15) is 0 Å². The van der Waals surface area contributed by atoms with Gasteiger partial charge < -0.3 is 5.73 Å². The van der Waals surface area contributed by atoms with E-state index in [4.69, 9.17) is 5.73 Å². The van der Waals surface area contributed by atoms with Crippen molar-refractivity contribution in [3.05, 3.63) is 35.4 Å². The first-order chi connectivity index (χ1) is 8.24. The van der Waals surface area contributed by atoms with Gasteiger partial charge in [-0.15, -0.1) is 0 Å². The lowest BCUT2D eigenvalue weighted by Crippen LogP contribution is -2.26. The normalized spacial score (nSPS) is 18.5. The Labute approximate surface area is 109 Å². The summed E-state index contributed by atoms with van der Waals surface area (Å²) >= 11 is 2.09. The average Bonchev–Trinajstić information content (AvgIpc) is 2.79. The first-order valence-corrected chi connectivity index (χ1v) is 7.71. The number of hydrogen-bond donors (Lipinski definition) is 1. The minimum atomic E-state index is 0.308. The molecule has 1 aliphatic carbocycles. The third-order valence-electron chi connectivity index (χ3n) is 3.43. The minimum absolute atomic E-state index is 0.308. The first-order valence-electron chi connectivity index (χ1n) is 6.67. The largest absolute Gasteiger partial charge is 0.327 e. The molecule has 1 aromatic carbocycles. The highest BCUT2D eigenvalue weighted by atomic mass is 32.2. The van der Waals surface area contributed by atoms with Crippen LogP contribution in [-0.2, 0) is 6.42 Å². The number of thioether (sulfide) groups is 1. The fraction of sp³-hybridized carbons (Fsp3) is 0.600. The molecule has 1 nitrogen and oxygen atoms in total. The van der Waals surface area contributed by atoms with Crippen LogP contribution < -0.4 is 5.73 Å². The highest BCUT2D eigenvalue weighted by molar-refractivity contribution is 7.99. The fourth-order valence-electron chi connectivity index (χ4n) is 2.52. The summed E-state index contributed by atoms with van der Waals surface area (Å²) in [5, 5.41) is 0.888. The van der Waals surface area contributed by atoms with Gasteiger partial charge in [-0.3, -0.25) is 0 Å². The predicted molar refractivity (Wildman–Crippen MR) is 77.6 cm³/mol. The zero-order valence-corrected chi connectivity index (χ0v) is 11.5. The van der Waals surface area contributed by atoms with Gasteiger partial charge in [0.1, 0.15) is 0 Å². The van der Waals surface area contributed by atoms with E-state index in [1.54, 1.807) is 0 Å². The lowest BCUT2D eigenvalue weighted by Gasteiger charge is -2.14. The summed E-state index contributed by atoms with van der Waals surface area (Å²) in [5.41, 5.74) is 8.92. The summed E-state index contributed by atoms with van der Waals surface area (Å²) in [7, 11) is 0. The molecule has 0 aromatic heterocycles. The molecule has 0 radical (unpaired) electrons. The Morgan fingerprint density at radius 2 is 2.12 bits per heavy atom. The van der Waals surface area contributed by atoms with E-state index in [2.05, 4.69) is 43.0 Å². The number of hydrogen-bond acceptors (Lipinski definition) is 2. The molecule has 17 heavy (non-hydrogen) atoms. The van der Waals surface area contributed by atoms with Gasteiger partial charge in [-0.2, -0.15) is 11.8 Å². The molecule has 1 aromatic rings. The van der Waals surface area contributed by atoms with Gasteiger partial charge in [0.25, 0.3) is 0 Å². The summed E-state index contributed by atoms with van der Waals surface area (Å²) in [6.07, 6.45) is 6.67. The number of nitrogens with two attached hydrogens (primary N) is 1. The van der Waals surface area contributed by atoms with Crippen molar-refractivity contribution in [2.75, 3.05) is 5.75 Å². The van der Waals surface area contributed by atoms with Crippen molar-refractivity contribution in [1.82, 2.24) is 0 Å². The molecule has 0 amide bonds. The fourth-order valence-corrected chi connectivity index (χ4v) is 3.82. The molecule has 0 spiro atoms. The second-order valence-electron chi connectivity index (χ2n) is 5.19. The molecule has 0 saturated heterocycles. The lowest BCUT2D eigenvalue weighted by atomic mass is 10.1. The molecule has 1 fully saturated rings. The van der Waals surface area contributed by atoms with Crippen molar-refractivity contribution in [2.24, 2.45) is 5.73 Å². The molecule has 1 saturated carbocycles. The van der Waals surface area contributed by atoms with Crippen LogP contribution in [0.3, 0.4) is 0 Å². The van der Waals surface area contributed by atoms with E-state index in [1.165, 1.54) is 36.8 Å². The maximum atomic E-state index is 6.21. The maximum Gasteiger partial charge on any atom is 0.0171 e. The summed E-state index contributed by atoms with van der Waals surface area (Å²) in [5.74, 6) is 1.11. The molecule has 2 rings (SSSR count). The van der Waals surface area contributed by atoms with Crippen molar-refractivity contribution >= 4 is 11.8 Å². The van der Waals surface area contributed by atoms with E-state index in [-0.39, 0.29) is 0 Å². The highest BCUT2D eigenvalue weighted by Gasteiger charge is 2.16. The van der Waals surface area contributed by atoms with Crippen LogP contribution in [0.25, 0.3) is 0 Å². The Hall–Kier alpha value is -0.470. The van der Waals surface area contributed by atoms with Gasteiger partial charge in [0, 0.05) is 17.0 Å².